The van der Waals surface area contributed by atoms with E-state index in [1.165, 1.54) is 12.0 Å². The first-order valence-electron chi connectivity index (χ1n) is 12.3. The van der Waals surface area contributed by atoms with E-state index in [9.17, 15) is 10.2 Å². The van der Waals surface area contributed by atoms with Crippen LogP contribution in [0.15, 0.2) is 78.9 Å². The Kier molecular flexibility index (Phi) is 24.5. The van der Waals surface area contributed by atoms with Gasteiger partial charge in [-0.05, 0) is 80.1 Å². The summed E-state index contributed by atoms with van der Waals surface area (Å²) < 4.78 is 12.2. The monoisotopic (exact) mass is 576 g/mol. The number of hydrogen-bond acceptors (Lipinski definition) is 5. The van der Waals surface area contributed by atoms with Crippen molar-refractivity contribution in [2.75, 3.05) is 14.2 Å². The number of hydrogen-bond donors (Lipinski definition) is 3. The third-order valence-corrected chi connectivity index (χ3v) is 8.34. The van der Waals surface area contributed by atoms with Crippen molar-refractivity contribution >= 4 is 8.56 Å². The smallest absolute Gasteiger partial charge is 0.339 e. The first kappa shape index (κ1) is 44.4. The van der Waals surface area contributed by atoms with Gasteiger partial charge in [-0.2, -0.15) is 0 Å². The van der Waals surface area contributed by atoms with E-state index in [2.05, 4.69) is 64.6 Å². The molecule has 1 unspecified atom stereocenters. The van der Waals surface area contributed by atoms with Gasteiger partial charge in [0.2, 0.25) is 0 Å². The molecule has 40 heavy (non-hydrogen) atoms. The Labute approximate surface area is 248 Å². The zero-order valence-corrected chi connectivity index (χ0v) is 23.9. The van der Waals surface area contributed by atoms with E-state index in [-0.39, 0.29) is 46.8 Å². The molecule has 0 radical (unpaired) electrons. The van der Waals surface area contributed by atoms with Gasteiger partial charge < -0.3 is 24.2 Å². The summed E-state index contributed by atoms with van der Waals surface area (Å²) in [5.74, 6) is 1.29. The molecule has 0 aliphatic rings. The average Bonchev–Trinajstić information content (AvgIpc) is 2.83. The highest BCUT2D eigenvalue weighted by atomic mass is 28.4. The van der Waals surface area contributed by atoms with Crippen LogP contribution in [0.2, 0.25) is 6.55 Å². The SMILES string of the molecule is C.C.C.C.CC(C)Cc1ccccc1.CO.CO[Si](C)(Cc1ccc(O)cc1)OC(C)(C)Cc1ccc(O)cc1. The maximum absolute atomic E-state index is 9.41. The van der Waals surface area contributed by atoms with Crippen LogP contribution in [0.1, 0.15) is 74.1 Å². The summed E-state index contributed by atoms with van der Waals surface area (Å²) in [5.41, 5.74) is 3.25. The molecule has 0 amide bonds. The van der Waals surface area contributed by atoms with Crippen LogP contribution in [0, 0.1) is 5.92 Å². The molecule has 230 valence electrons. The van der Waals surface area contributed by atoms with Gasteiger partial charge in [-0.25, -0.2) is 0 Å². The molecule has 3 aromatic carbocycles. The third-order valence-electron chi connectivity index (χ3n) is 5.44. The summed E-state index contributed by atoms with van der Waals surface area (Å²) in [5, 5.41) is 25.8. The molecule has 0 aliphatic carbocycles. The third kappa shape index (κ3) is 17.8. The molecule has 0 saturated heterocycles. The van der Waals surface area contributed by atoms with Gasteiger partial charge in [-0.3, -0.25) is 0 Å². The van der Waals surface area contributed by atoms with E-state index in [1.807, 2.05) is 24.3 Å². The maximum atomic E-state index is 9.41. The van der Waals surface area contributed by atoms with Gasteiger partial charge in [0.25, 0.3) is 0 Å². The number of rotatable bonds is 9. The van der Waals surface area contributed by atoms with Gasteiger partial charge in [-0.1, -0.05) is 98.2 Å². The lowest BCUT2D eigenvalue weighted by Crippen LogP contribution is -2.48. The highest BCUT2D eigenvalue weighted by Gasteiger charge is 2.37. The number of aromatic hydroxyl groups is 2. The molecule has 3 rings (SSSR count). The number of aliphatic hydroxyl groups is 1. The summed E-state index contributed by atoms with van der Waals surface area (Å²) >= 11 is 0. The fraction of sp³-hybridized carbons (Fsp3) is 0.471. The Hall–Kier alpha value is -2.64. The van der Waals surface area contributed by atoms with Crippen molar-refractivity contribution in [3.63, 3.8) is 0 Å². The quantitative estimate of drug-likeness (QED) is 0.222. The molecule has 3 aromatic rings. The second-order valence-corrected chi connectivity index (χ2v) is 13.2. The molecular formula is C34H60O5Si. The maximum Gasteiger partial charge on any atom is 0.339 e. The summed E-state index contributed by atoms with van der Waals surface area (Å²) in [6.45, 7) is 10.7. The van der Waals surface area contributed by atoms with Crippen molar-refractivity contribution in [1.82, 2.24) is 0 Å². The molecule has 0 spiro atoms. The highest BCUT2D eigenvalue weighted by molar-refractivity contribution is 6.65. The Morgan fingerprint density at radius 2 is 1.12 bits per heavy atom. The van der Waals surface area contributed by atoms with Gasteiger partial charge in [-0.15, -0.1) is 0 Å². The molecule has 0 fully saturated rings. The van der Waals surface area contributed by atoms with Crippen LogP contribution in [0.4, 0.5) is 0 Å². The van der Waals surface area contributed by atoms with Crippen LogP contribution >= 0.6 is 0 Å². The van der Waals surface area contributed by atoms with Gasteiger partial charge in [0.15, 0.2) is 0 Å². The molecule has 6 heteroatoms. The number of phenols is 2. The number of phenolic OH excluding ortho intramolecular Hbond substituents is 2. The largest absolute Gasteiger partial charge is 0.508 e. The summed E-state index contributed by atoms with van der Waals surface area (Å²) in [7, 11) is 0.285. The van der Waals surface area contributed by atoms with Crippen LogP contribution in [-0.2, 0) is 27.7 Å². The van der Waals surface area contributed by atoms with Crippen LogP contribution in [-0.4, -0.2) is 43.7 Å². The lowest BCUT2D eigenvalue weighted by molar-refractivity contribution is 0.0596. The lowest BCUT2D eigenvalue weighted by atomic mass is 9.99. The summed E-state index contributed by atoms with van der Waals surface area (Å²) in [6.07, 6.45) is 1.93. The zero-order chi connectivity index (χ0) is 27.2. The first-order valence-corrected chi connectivity index (χ1v) is 14.8. The van der Waals surface area contributed by atoms with E-state index in [1.54, 1.807) is 31.4 Å². The van der Waals surface area contributed by atoms with Gasteiger partial charge in [0.05, 0.1) is 5.60 Å². The predicted octanol–water partition coefficient (Wildman–Crippen LogP) is 8.97. The Bertz CT molecular complexity index is 973. The first-order chi connectivity index (χ1) is 17.0. The van der Waals surface area contributed by atoms with Crippen LogP contribution in [0.25, 0.3) is 0 Å². The van der Waals surface area contributed by atoms with E-state index in [0.29, 0.717) is 6.04 Å². The van der Waals surface area contributed by atoms with Crippen LogP contribution < -0.4 is 0 Å². The molecule has 0 heterocycles. The molecule has 5 nitrogen and oxygen atoms in total. The number of aliphatic hydroxyl groups excluding tert-OH is 1. The van der Waals surface area contributed by atoms with Gasteiger partial charge >= 0.3 is 8.56 Å². The van der Waals surface area contributed by atoms with Crippen LogP contribution in [0.5, 0.6) is 11.5 Å². The van der Waals surface area contributed by atoms with Crippen molar-refractivity contribution in [3.8, 4) is 11.5 Å². The minimum absolute atomic E-state index is 0. The number of benzene rings is 3. The highest BCUT2D eigenvalue weighted by Crippen LogP contribution is 2.26. The normalized spacial score (nSPS) is 11.3. The topological polar surface area (TPSA) is 79.2 Å². The fourth-order valence-electron chi connectivity index (χ4n) is 3.95. The molecule has 3 N–H and O–H groups in total. The standard InChI is InChI=1S/C19H26O4Si.C10H14.CH4O.4CH4/c1-19(2,13-15-5-9-17(20)10-6-15)23-24(4,22-3)14-16-7-11-18(21)12-8-16;1-9(2)8-10-6-4-3-5-7-10;1-2;;;;/h5-12,20-21H,13-14H2,1-4H3;3-7,9H,8H2,1-2H3;2H,1H3;4*1H4. The molecular weight excluding hydrogens is 516 g/mol. The summed E-state index contributed by atoms with van der Waals surface area (Å²) in [4.78, 5) is 0. The minimum atomic E-state index is -2.41. The Morgan fingerprint density at radius 1 is 0.700 bits per heavy atom. The molecule has 0 saturated carbocycles. The van der Waals surface area contributed by atoms with Gasteiger partial charge in [0.1, 0.15) is 11.5 Å². The molecule has 1 atom stereocenters. The minimum Gasteiger partial charge on any atom is -0.508 e. The van der Waals surface area contributed by atoms with Crippen LogP contribution in [0.3, 0.4) is 0 Å². The summed E-state index contributed by atoms with van der Waals surface area (Å²) in [6, 6.07) is 25.7. The van der Waals surface area contributed by atoms with E-state index >= 15 is 0 Å². The second-order valence-electron chi connectivity index (χ2n) is 9.97. The average molecular weight is 577 g/mol. The van der Waals surface area contributed by atoms with E-state index < -0.39 is 8.56 Å². The fourth-order valence-corrected chi connectivity index (χ4v) is 6.46. The Balaban J connectivity index is -0.000000346. The zero-order valence-electron chi connectivity index (χ0n) is 22.9. The van der Waals surface area contributed by atoms with Crippen molar-refractivity contribution in [2.45, 2.75) is 88.4 Å². The second kappa shape index (κ2) is 22.1. The Morgan fingerprint density at radius 3 is 1.52 bits per heavy atom. The molecule has 0 aliphatic heterocycles. The van der Waals surface area contributed by atoms with Crippen molar-refractivity contribution in [1.29, 1.82) is 0 Å². The van der Waals surface area contributed by atoms with Gasteiger partial charge in [0, 0.05) is 20.3 Å². The lowest BCUT2D eigenvalue weighted by Gasteiger charge is -2.36. The van der Waals surface area contributed by atoms with Crippen molar-refractivity contribution in [3.05, 3.63) is 95.6 Å². The van der Waals surface area contributed by atoms with Crippen molar-refractivity contribution < 1.29 is 24.2 Å². The molecule has 0 bridgehead atoms. The predicted molar refractivity (Wildman–Crippen MR) is 177 cm³/mol. The van der Waals surface area contributed by atoms with E-state index in [0.717, 1.165) is 30.6 Å². The van der Waals surface area contributed by atoms with E-state index in [4.69, 9.17) is 14.0 Å². The van der Waals surface area contributed by atoms with Crippen molar-refractivity contribution in [2.24, 2.45) is 5.92 Å². The molecule has 0 aromatic heterocycles.